The van der Waals surface area contributed by atoms with E-state index in [1.165, 1.54) is 0 Å². The van der Waals surface area contributed by atoms with Crippen molar-refractivity contribution in [1.82, 2.24) is 0 Å². The average Bonchev–Trinajstić information content (AvgIpc) is 2.14. The molecule has 0 spiro atoms. The Balaban J connectivity index is 2.83. The van der Waals surface area contributed by atoms with Crippen LogP contribution in [0.5, 0.6) is 5.75 Å². The molecule has 76 valence electrons. The quantitative estimate of drug-likeness (QED) is 0.595. The molecule has 0 bridgehead atoms. The summed E-state index contributed by atoms with van der Waals surface area (Å²) in [6.07, 6.45) is 0.950. The highest BCUT2D eigenvalue weighted by Gasteiger charge is 2.04. The molecule has 0 saturated carbocycles. The molecule has 3 nitrogen and oxygen atoms in total. The molecule has 0 radical (unpaired) electrons. The van der Waals surface area contributed by atoms with E-state index in [-0.39, 0.29) is 5.84 Å². The van der Waals surface area contributed by atoms with E-state index in [9.17, 15) is 0 Å². The van der Waals surface area contributed by atoms with Crippen LogP contribution in [-0.4, -0.2) is 12.4 Å². The number of benzene rings is 1. The van der Waals surface area contributed by atoms with E-state index < -0.39 is 0 Å². The van der Waals surface area contributed by atoms with Crippen molar-refractivity contribution < 1.29 is 4.74 Å². The lowest BCUT2D eigenvalue weighted by Gasteiger charge is -2.07. The molecule has 0 fully saturated rings. The molecule has 0 saturated heterocycles. The lowest BCUT2D eigenvalue weighted by Crippen LogP contribution is -2.11. The van der Waals surface area contributed by atoms with Gasteiger partial charge in [0.25, 0.3) is 0 Å². The van der Waals surface area contributed by atoms with Gasteiger partial charge < -0.3 is 10.5 Å². The average molecular weight is 213 g/mol. The number of hydrogen-bond donors (Lipinski definition) is 2. The third-order valence-corrected chi connectivity index (χ3v) is 2.02. The molecule has 14 heavy (non-hydrogen) atoms. The van der Waals surface area contributed by atoms with E-state index in [4.69, 9.17) is 27.5 Å². The zero-order valence-electron chi connectivity index (χ0n) is 8.01. The maximum absolute atomic E-state index is 7.24. The largest absolute Gasteiger partial charge is 0.494 e. The van der Waals surface area contributed by atoms with Gasteiger partial charge in [-0.05, 0) is 24.6 Å². The first-order chi connectivity index (χ1) is 6.65. The van der Waals surface area contributed by atoms with Crippen molar-refractivity contribution in [3.05, 3.63) is 28.8 Å². The lowest BCUT2D eigenvalue weighted by atomic mass is 10.2. The van der Waals surface area contributed by atoms with E-state index in [0.717, 1.165) is 6.42 Å². The van der Waals surface area contributed by atoms with E-state index in [0.29, 0.717) is 22.9 Å². The summed E-state index contributed by atoms with van der Waals surface area (Å²) >= 11 is 5.90. The Hall–Kier alpha value is -1.22. The Bertz CT molecular complexity index is 339. The summed E-state index contributed by atoms with van der Waals surface area (Å²) in [6, 6.07) is 5.13. The SMILES string of the molecule is CCCOc1ccc(C(=N)N)c(Cl)c1. The molecule has 0 heterocycles. The summed E-state index contributed by atoms with van der Waals surface area (Å²) in [5.74, 6) is 0.680. The minimum Gasteiger partial charge on any atom is -0.494 e. The normalized spacial score (nSPS) is 9.86. The predicted octanol–water partition coefficient (Wildman–Crippen LogP) is 2.41. The highest BCUT2D eigenvalue weighted by Crippen LogP contribution is 2.22. The zero-order chi connectivity index (χ0) is 10.6. The van der Waals surface area contributed by atoms with Gasteiger partial charge in [-0.1, -0.05) is 18.5 Å². The molecule has 1 aromatic rings. The number of hydrogen-bond acceptors (Lipinski definition) is 2. The first kappa shape index (κ1) is 10.9. The first-order valence-corrected chi connectivity index (χ1v) is 4.79. The Morgan fingerprint density at radius 3 is 2.79 bits per heavy atom. The smallest absolute Gasteiger partial charge is 0.124 e. The molecular formula is C10H13ClN2O. The summed E-state index contributed by atoms with van der Waals surface area (Å²) in [6.45, 7) is 2.70. The van der Waals surface area contributed by atoms with Gasteiger partial charge in [-0.25, -0.2) is 0 Å². The monoisotopic (exact) mass is 212 g/mol. The molecule has 0 aliphatic carbocycles. The Morgan fingerprint density at radius 2 is 2.29 bits per heavy atom. The molecule has 1 aromatic carbocycles. The van der Waals surface area contributed by atoms with Gasteiger partial charge in [-0.15, -0.1) is 0 Å². The van der Waals surface area contributed by atoms with Crippen LogP contribution in [0.4, 0.5) is 0 Å². The van der Waals surface area contributed by atoms with Gasteiger partial charge in [0.1, 0.15) is 11.6 Å². The lowest BCUT2D eigenvalue weighted by molar-refractivity contribution is 0.317. The summed E-state index contributed by atoms with van der Waals surface area (Å²) in [5, 5.41) is 7.69. The molecule has 0 aromatic heterocycles. The van der Waals surface area contributed by atoms with Crippen molar-refractivity contribution in [2.24, 2.45) is 5.73 Å². The molecule has 0 amide bonds. The second kappa shape index (κ2) is 4.86. The number of amidine groups is 1. The van der Waals surface area contributed by atoms with Gasteiger partial charge >= 0.3 is 0 Å². The molecule has 3 N–H and O–H groups in total. The highest BCUT2D eigenvalue weighted by atomic mass is 35.5. The molecule has 0 unspecified atom stereocenters. The third-order valence-electron chi connectivity index (χ3n) is 1.70. The number of rotatable bonds is 4. The van der Waals surface area contributed by atoms with E-state index in [1.807, 2.05) is 6.92 Å². The van der Waals surface area contributed by atoms with Crippen molar-refractivity contribution in [3.63, 3.8) is 0 Å². The van der Waals surface area contributed by atoms with Gasteiger partial charge in [0.15, 0.2) is 0 Å². The van der Waals surface area contributed by atoms with Crippen molar-refractivity contribution in [3.8, 4) is 5.75 Å². The van der Waals surface area contributed by atoms with Crippen LogP contribution in [0.2, 0.25) is 5.02 Å². The van der Waals surface area contributed by atoms with Crippen LogP contribution < -0.4 is 10.5 Å². The zero-order valence-corrected chi connectivity index (χ0v) is 8.77. The van der Waals surface area contributed by atoms with Crippen LogP contribution in [-0.2, 0) is 0 Å². The van der Waals surface area contributed by atoms with Crippen molar-refractivity contribution >= 4 is 17.4 Å². The second-order valence-corrected chi connectivity index (χ2v) is 3.31. The standard InChI is InChI=1S/C10H13ClN2O/c1-2-5-14-7-3-4-8(10(12)13)9(11)6-7/h3-4,6H,2,5H2,1H3,(H3,12,13). The van der Waals surface area contributed by atoms with Crippen molar-refractivity contribution in [2.45, 2.75) is 13.3 Å². The van der Waals surface area contributed by atoms with Gasteiger partial charge in [0.05, 0.1) is 11.6 Å². The number of nitrogens with two attached hydrogens (primary N) is 1. The first-order valence-electron chi connectivity index (χ1n) is 4.42. The highest BCUT2D eigenvalue weighted by molar-refractivity contribution is 6.34. The minimum absolute atomic E-state index is 0.0305. The third kappa shape index (κ3) is 2.64. The fraction of sp³-hybridized carbons (Fsp3) is 0.300. The fourth-order valence-corrected chi connectivity index (χ4v) is 1.30. The number of halogens is 1. The Kier molecular flexibility index (Phi) is 3.77. The van der Waals surface area contributed by atoms with Crippen LogP contribution >= 0.6 is 11.6 Å². The van der Waals surface area contributed by atoms with Crippen LogP contribution in [0.1, 0.15) is 18.9 Å². The van der Waals surface area contributed by atoms with Crippen LogP contribution in [0, 0.1) is 5.41 Å². The van der Waals surface area contributed by atoms with Crippen LogP contribution in [0.25, 0.3) is 0 Å². The van der Waals surface area contributed by atoms with E-state index in [2.05, 4.69) is 0 Å². The van der Waals surface area contributed by atoms with Gasteiger partial charge in [-0.3, -0.25) is 5.41 Å². The summed E-state index contributed by atoms with van der Waals surface area (Å²) in [5.41, 5.74) is 5.86. The van der Waals surface area contributed by atoms with Gasteiger partial charge in [0, 0.05) is 5.56 Å². The van der Waals surface area contributed by atoms with Crippen LogP contribution in [0.3, 0.4) is 0 Å². The molecule has 0 atom stereocenters. The topological polar surface area (TPSA) is 59.1 Å². The minimum atomic E-state index is -0.0305. The van der Waals surface area contributed by atoms with E-state index in [1.54, 1.807) is 18.2 Å². The number of nitrogen functional groups attached to an aromatic ring is 1. The summed E-state index contributed by atoms with van der Waals surface area (Å²) in [4.78, 5) is 0. The molecule has 1 rings (SSSR count). The van der Waals surface area contributed by atoms with Gasteiger partial charge in [0.2, 0.25) is 0 Å². The molecule has 0 aliphatic heterocycles. The molecule has 4 heteroatoms. The van der Waals surface area contributed by atoms with E-state index >= 15 is 0 Å². The van der Waals surface area contributed by atoms with Gasteiger partial charge in [-0.2, -0.15) is 0 Å². The maximum Gasteiger partial charge on any atom is 0.124 e. The number of nitrogens with one attached hydrogen (secondary N) is 1. The molecule has 0 aliphatic rings. The fourth-order valence-electron chi connectivity index (χ4n) is 1.02. The second-order valence-electron chi connectivity index (χ2n) is 2.90. The van der Waals surface area contributed by atoms with Crippen LogP contribution in [0.15, 0.2) is 18.2 Å². The Labute approximate surface area is 88.3 Å². The summed E-state index contributed by atoms with van der Waals surface area (Å²) in [7, 11) is 0. The van der Waals surface area contributed by atoms with Crippen molar-refractivity contribution in [1.29, 1.82) is 5.41 Å². The summed E-state index contributed by atoms with van der Waals surface area (Å²) < 4.78 is 5.37. The molecular weight excluding hydrogens is 200 g/mol. The van der Waals surface area contributed by atoms with Crippen molar-refractivity contribution in [2.75, 3.05) is 6.61 Å². The maximum atomic E-state index is 7.24. The number of ether oxygens (including phenoxy) is 1. The predicted molar refractivity (Wildman–Crippen MR) is 58.3 cm³/mol. The Morgan fingerprint density at radius 1 is 1.57 bits per heavy atom.